The van der Waals surface area contributed by atoms with Gasteiger partial charge in [-0.15, -0.1) is 0 Å². The van der Waals surface area contributed by atoms with Crippen LogP contribution in [0.1, 0.15) is 31.2 Å². The van der Waals surface area contributed by atoms with Gasteiger partial charge in [0.25, 0.3) is 0 Å². The Morgan fingerprint density at radius 2 is 2.46 bits per heavy atom. The molecule has 3 heteroatoms. The van der Waals surface area contributed by atoms with E-state index < -0.39 is 0 Å². The van der Waals surface area contributed by atoms with E-state index >= 15 is 0 Å². The van der Waals surface area contributed by atoms with Crippen molar-refractivity contribution < 1.29 is 9.26 Å². The summed E-state index contributed by atoms with van der Waals surface area (Å²) in [5.41, 5.74) is 0.856. The zero-order valence-corrected chi connectivity index (χ0v) is 8.08. The minimum atomic E-state index is 0.469. The van der Waals surface area contributed by atoms with Gasteiger partial charge in [0.05, 0.1) is 6.61 Å². The number of hydrogen-bond acceptors (Lipinski definition) is 3. The van der Waals surface area contributed by atoms with Gasteiger partial charge in [0.15, 0.2) is 0 Å². The van der Waals surface area contributed by atoms with Crippen molar-refractivity contribution in [1.29, 1.82) is 0 Å². The van der Waals surface area contributed by atoms with Crippen molar-refractivity contribution in [2.45, 2.75) is 32.8 Å². The summed E-state index contributed by atoms with van der Waals surface area (Å²) in [5, 5.41) is 3.88. The molecule has 0 aliphatic carbocycles. The maximum Gasteiger partial charge on any atom is 0.137 e. The molecule has 0 unspecified atom stereocenters. The Balaban J connectivity index is 2.34. The van der Waals surface area contributed by atoms with E-state index in [0.717, 1.165) is 24.3 Å². The lowest BCUT2D eigenvalue weighted by Gasteiger charge is -1.92. The Hall–Kier alpha value is -0.830. The molecule has 1 radical (unpaired) electrons. The molecule has 1 aromatic rings. The summed E-state index contributed by atoms with van der Waals surface area (Å²) in [6, 6.07) is 1.95. The highest BCUT2D eigenvalue weighted by Gasteiger charge is 2.02. The molecular weight excluding hydrogens is 166 g/mol. The molecule has 1 heterocycles. The topological polar surface area (TPSA) is 35.3 Å². The van der Waals surface area contributed by atoms with Crippen LogP contribution >= 0.6 is 0 Å². The van der Waals surface area contributed by atoms with Gasteiger partial charge in [-0.1, -0.05) is 18.5 Å². The molecule has 0 N–H and O–H groups in total. The Morgan fingerprint density at radius 1 is 1.62 bits per heavy atom. The van der Waals surface area contributed by atoms with E-state index in [9.17, 15) is 0 Å². The lowest BCUT2D eigenvalue weighted by molar-refractivity contribution is 0.141. The minimum absolute atomic E-state index is 0.469. The van der Waals surface area contributed by atoms with Crippen LogP contribution in [0.25, 0.3) is 0 Å². The van der Waals surface area contributed by atoms with Crippen molar-refractivity contribution >= 4 is 0 Å². The van der Waals surface area contributed by atoms with Crippen molar-refractivity contribution in [3.63, 3.8) is 0 Å². The first kappa shape index (κ1) is 10.3. The molecule has 1 rings (SSSR count). The quantitative estimate of drug-likeness (QED) is 0.677. The Morgan fingerprint density at radius 3 is 3.15 bits per heavy atom. The summed E-state index contributed by atoms with van der Waals surface area (Å²) < 4.78 is 10.2. The van der Waals surface area contributed by atoms with Gasteiger partial charge >= 0.3 is 0 Å². The normalized spacial score (nSPS) is 10.6. The van der Waals surface area contributed by atoms with Crippen LogP contribution in [0.2, 0.25) is 0 Å². The summed E-state index contributed by atoms with van der Waals surface area (Å²) in [5.74, 6) is 0.949. The summed E-state index contributed by atoms with van der Waals surface area (Å²) >= 11 is 0. The van der Waals surface area contributed by atoms with Crippen LogP contribution in [0, 0.1) is 6.92 Å². The molecule has 0 fully saturated rings. The zero-order chi connectivity index (χ0) is 9.52. The zero-order valence-electron chi connectivity index (χ0n) is 8.08. The summed E-state index contributed by atoms with van der Waals surface area (Å²) in [6.07, 6.45) is 3.28. The average Bonchev–Trinajstić information content (AvgIpc) is 2.59. The largest absolute Gasteiger partial charge is 0.375 e. The van der Waals surface area contributed by atoms with Crippen molar-refractivity contribution in [2.24, 2.45) is 0 Å². The van der Waals surface area contributed by atoms with E-state index in [2.05, 4.69) is 19.0 Å². The van der Waals surface area contributed by atoms with Gasteiger partial charge in [-0.05, 0) is 13.3 Å². The van der Waals surface area contributed by atoms with Gasteiger partial charge in [-0.2, -0.15) is 0 Å². The second-order valence-electron chi connectivity index (χ2n) is 2.94. The van der Waals surface area contributed by atoms with Crippen LogP contribution in [0.5, 0.6) is 0 Å². The number of hydrogen-bond donors (Lipinski definition) is 0. The predicted octanol–water partition coefficient (Wildman–Crippen LogP) is 2.37. The van der Waals surface area contributed by atoms with Crippen LogP contribution in [-0.4, -0.2) is 11.8 Å². The highest BCUT2D eigenvalue weighted by Crippen LogP contribution is 2.08. The second-order valence-corrected chi connectivity index (χ2v) is 2.94. The Bertz CT molecular complexity index is 210. The predicted molar refractivity (Wildman–Crippen MR) is 50.1 cm³/mol. The van der Waals surface area contributed by atoms with Crippen LogP contribution in [0.4, 0.5) is 0 Å². The molecule has 0 bridgehead atoms. The van der Waals surface area contributed by atoms with Gasteiger partial charge < -0.3 is 9.26 Å². The average molecular weight is 182 g/mol. The molecule has 0 amide bonds. The standard InChI is InChI=1S/C10H16NO2/c1-3-5-6-10-7-9(11-13-10)8-12-4-2/h7H,2-6,8H2,1H3. The van der Waals surface area contributed by atoms with Crippen LogP contribution in [0.3, 0.4) is 0 Å². The van der Waals surface area contributed by atoms with Crippen molar-refractivity contribution in [3.05, 3.63) is 24.4 Å². The first-order chi connectivity index (χ1) is 6.36. The third-order valence-corrected chi connectivity index (χ3v) is 1.78. The maximum atomic E-state index is 5.11. The van der Waals surface area contributed by atoms with Crippen LogP contribution < -0.4 is 0 Å². The lowest BCUT2D eigenvalue weighted by atomic mass is 10.2. The fourth-order valence-corrected chi connectivity index (χ4v) is 1.07. The van der Waals surface area contributed by atoms with Crippen molar-refractivity contribution in [1.82, 2.24) is 5.16 Å². The monoisotopic (exact) mass is 182 g/mol. The number of unbranched alkanes of at least 4 members (excludes halogenated alkanes) is 1. The number of ether oxygens (including phenoxy) is 1. The summed E-state index contributed by atoms with van der Waals surface area (Å²) in [4.78, 5) is 0. The van der Waals surface area contributed by atoms with Gasteiger partial charge in [0.2, 0.25) is 0 Å². The molecule has 13 heavy (non-hydrogen) atoms. The maximum absolute atomic E-state index is 5.11. The Labute approximate surface area is 79.1 Å². The number of rotatable bonds is 6. The first-order valence-corrected chi connectivity index (χ1v) is 4.68. The molecule has 73 valence electrons. The van der Waals surface area contributed by atoms with E-state index in [0.29, 0.717) is 13.2 Å². The van der Waals surface area contributed by atoms with Crippen molar-refractivity contribution in [2.75, 3.05) is 6.61 Å². The molecule has 0 saturated heterocycles. The van der Waals surface area contributed by atoms with Crippen LogP contribution in [-0.2, 0) is 17.8 Å². The highest BCUT2D eigenvalue weighted by atomic mass is 16.5. The molecule has 0 saturated carbocycles. The lowest BCUT2D eigenvalue weighted by Crippen LogP contribution is -1.91. The van der Waals surface area contributed by atoms with E-state index in [4.69, 9.17) is 9.26 Å². The minimum Gasteiger partial charge on any atom is -0.375 e. The molecule has 0 aromatic carbocycles. The fourth-order valence-electron chi connectivity index (χ4n) is 1.07. The molecule has 0 spiro atoms. The second kappa shape index (κ2) is 5.75. The Kier molecular flexibility index (Phi) is 4.54. The summed E-state index contributed by atoms with van der Waals surface area (Å²) in [6.45, 7) is 6.70. The van der Waals surface area contributed by atoms with Crippen LogP contribution in [0.15, 0.2) is 10.6 Å². The van der Waals surface area contributed by atoms with Gasteiger partial charge in [0.1, 0.15) is 11.5 Å². The molecule has 1 aromatic heterocycles. The first-order valence-electron chi connectivity index (χ1n) is 4.68. The molecule has 0 aliphatic rings. The molecule has 3 nitrogen and oxygen atoms in total. The van der Waals surface area contributed by atoms with Crippen molar-refractivity contribution in [3.8, 4) is 0 Å². The number of nitrogens with zero attached hydrogens (tertiary/aromatic N) is 1. The van der Waals surface area contributed by atoms with Gasteiger partial charge in [-0.25, -0.2) is 0 Å². The highest BCUT2D eigenvalue weighted by molar-refractivity contribution is 5.04. The third-order valence-electron chi connectivity index (χ3n) is 1.78. The molecule has 0 aliphatic heterocycles. The molecule has 0 atom stereocenters. The molecular formula is C10H16NO2. The van der Waals surface area contributed by atoms with Gasteiger partial charge in [-0.3, -0.25) is 0 Å². The fraction of sp³-hybridized carbons (Fsp3) is 0.600. The van der Waals surface area contributed by atoms with E-state index in [1.165, 1.54) is 6.42 Å². The van der Waals surface area contributed by atoms with E-state index in [1.54, 1.807) is 0 Å². The summed E-state index contributed by atoms with van der Waals surface area (Å²) in [7, 11) is 0. The SMILES string of the molecule is [CH2]COCc1cc(CCCC)on1. The van der Waals surface area contributed by atoms with E-state index in [1.807, 2.05) is 6.07 Å². The van der Waals surface area contributed by atoms with E-state index in [-0.39, 0.29) is 0 Å². The third kappa shape index (κ3) is 3.59. The number of aryl methyl sites for hydroxylation is 1. The van der Waals surface area contributed by atoms with Gasteiger partial charge in [0, 0.05) is 19.1 Å². The number of aromatic nitrogens is 1. The smallest absolute Gasteiger partial charge is 0.137 e.